The number of carbonyl (C=O) groups excluding carboxylic acids is 1. The first-order valence-electron chi connectivity index (χ1n) is 6.90. The van der Waals surface area contributed by atoms with Crippen LogP contribution in [0.2, 0.25) is 0 Å². The van der Waals surface area contributed by atoms with E-state index in [1.165, 1.54) is 0 Å². The van der Waals surface area contributed by atoms with Crippen LogP contribution in [0.3, 0.4) is 0 Å². The Labute approximate surface area is 127 Å². The molecule has 1 aliphatic heterocycles. The third kappa shape index (κ3) is 3.30. The quantitative estimate of drug-likeness (QED) is 0.350. The first kappa shape index (κ1) is 15.6. The molecular formula is C12H20N6O2S. The molecule has 0 bridgehead atoms. The summed E-state index contributed by atoms with van der Waals surface area (Å²) in [4.78, 5) is 17.0. The second-order valence-electron chi connectivity index (χ2n) is 4.93. The summed E-state index contributed by atoms with van der Waals surface area (Å²) >= 11 is 1.15. The monoisotopic (exact) mass is 312 g/mol. The van der Waals surface area contributed by atoms with Crippen LogP contribution in [-0.4, -0.2) is 68.6 Å². The zero-order valence-electron chi connectivity index (χ0n) is 12.2. The predicted molar refractivity (Wildman–Crippen MR) is 79.6 cm³/mol. The molecule has 116 valence electrons. The van der Waals surface area contributed by atoms with Crippen LogP contribution in [0.1, 0.15) is 29.2 Å². The van der Waals surface area contributed by atoms with Crippen molar-refractivity contribution in [1.82, 2.24) is 19.4 Å². The highest BCUT2D eigenvalue weighted by molar-refractivity contribution is 7.08. The van der Waals surface area contributed by atoms with Gasteiger partial charge in [-0.1, -0.05) is 16.6 Å². The van der Waals surface area contributed by atoms with Crippen LogP contribution in [0.5, 0.6) is 0 Å². The average molecular weight is 312 g/mol. The largest absolute Gasteiger partial charge is 0.409 e. The van der Waals surface area contributed by atoms with Gasteiger partial charge in [0, 0.05) is 26.2 Å². The SMILES string of the molecule is CCc1nnsc1C(=O)N1CCN(C(C)C(N)=NO)CC1. The van der Waals surface area contributed by atoms with E-state index in [1.54, 1.807) is 0 Å². The molecule has 1 saturated heterocycles. The van der Waals surface area contributed by atoms with Crippen LogP contribution in [-0.2, 0) is 6.42 Å². The molecule has 0 spiro atoms. The van der Waals surface area contributed by atoms with E-state index in [2.05, 4.69) is 19.6 Å². The van der Waals surface area contributed by atoms with Gasteiger partial charge < -0.3 is 15.8 Å². The van der Waals surface area contributed by atoms with Crippen molar-refractivity contribution in [2.75, 3.05) is 26.2 Å². The minimum absolute atomic E-state index is 0.00190. The van der Waals surface area contributed by atoms with E-state index in [-0.39, 0.29) is 17.8 Å². The lowest BCUT2D eigenvalue weighted by Gasteiger charge is -2.37. The van der Waals surface area contributed by atoms with E-state index < -0.39 is 0 Å². The van der Waals surface area contributed by atoms with Crippen molar-refractivity contribution in [3.8, 4) is 0 Å². The maximum Gasteiger partial charge on any atom is 0.267 e. The number of hydrogen-bond acceptors (Lipinski definition) is 7. The number of nitrogens with two attached hydrogens (primary N) is 1. The number of hydrogen-bond donors (Lipinski definition) is 2. The van der Waals surface area contributed by atoms with Crippen LogP contribution in [0.25, 0.3) is 0 Å². The van der Waals surface area contributed by atoms with Gasteiger partial charge in [0.25, 0.3) is 5.91 Å². The van der Waals surface area contributed by atoms with Gasteiger partial charge in [-0.25, -0.2) is 0 Å². The first-order valence-corrected chi connectivity index (χ1v) is 7.67. The van der Waals surface area contributed by atoms with Gasteiger partial charge in [0.1, 0.15) is 4.88 Å². The van der Waals surface area contributed by atoms with Crippen molar-refractivity contribution in [3.63, 3.8) is 0 Å². The summed E-state index contributed by atoms with van der Waals surface area (Å²) in [5.41, 5.74) is 6.38. The molecule has 1 unspecified atom stereocenters. The van der Waals surface area contributed by atoms with Crippen LogP contribution in [0.4, 0.5) is 0 Å². The van der Waals surface area contributed by atoms with E-state index in [0.29, 0.717) is 37.5 Å². The highest BCUT2D eigenvalue weighted by atomic mass is 32.1. The fourth-order valence-corrected chi connectivity index (χ4v) is 3.05. The van der Waals surface area contributed by atoms with Crippen LogP contribution < -0.4 is 5.73 Å². The van der Waals surface area contributed by atoms with Gasteiger partial charge in [0.15, 0.2) is 5.84 Å². The molecule has 0 radical (unpaired) electrons. The minimum atomic E-state index is -0.136. The maximum atomic E-state index is 12.5. The van der Waals surface area contributed by atoms with Crippen LogP contribution >= 0.6 is 11.5 Å². The van der Waals surface area contributed by atoms with Crippen LogP contribution in [0.15, 0.2) is 5.16 Å². The average Bonchev–Trinajstić information content (AvgIpc) is 3.01. The molecule has 3 N–H and O–H groups in total. The molecule has 2 heterocycles. The Hall–Kier alpha value is -1.74. The molecule has 0 saturated carbocycles. The number of amidine groups is 1. The van der Waals surface area contributed by atoms with Gasteiger partial charge in [-0.05, 0) is 24.9 Å². The third-order valence-corrected chi connectivity index (χ3v) is 4.53. The first-order chi connectivity index (χ1) is 10.1. The molecular weight excluding hydrogens is 292 g/mol. The molecule has 8 nitrogen and oxygen atoms in total. The van der Waals surface area contributed by atoms with Gasteiger partial charge in [0.05, 0.1) is 11.7 Å². The lowest BCUT2D eigenvalue weighted by molar-refractivity contribution is 0.0622. The van der Waals surface area contributed by atoms with E-state index >= 15 is 0 Å². The number of amides is 1. The number of carbonyl (C=O) groups is 1. The van der Waals surface area contributed by atoms with Crippen molar-refractivity contribution in [2.45, 2.75) is 26.3 Å². The highest BCUT2D eigenvalue weighted by Crippen LogP contribution is 2.16. The Balaban J connectivity index is 1.96. The van der Waals surface area contributed by atoms with Gasteiger partial charge in [-0.2, -0.15) is 0 Å². The highest BCUT2D eigenvalue weighted by Gasteiger charge is 2.28. The molecule has 1 aliphatic rings. The number of nitrogens with zero attached hydrogens (tertiary/aromatic N) is 5. The second-order valence-corrected chi connectivity index (χ2v) is 5.69. The molecule has 1 amide bonds. The summed E-state index contributed by atoms with van der Waals surface area (Å²) in [5, 5.41) is 15.7. The molecule has 9 heteroatoms. The van der Waals surface area contributed by atoms with Crippen molar-refractivity contribution < 1.29 is 10.0 Å². The molecule has 0 aromatic carbocycles. The Morgan fingerprint density at radius 1 is 1.48 bits per heavy atom. The summed E-state index contributed by atoms with van der Waals surface area (Å²) in [5.74, 6) is 0.188. The van der Waals surface area contributed by atoms with E-state index in [1.807, 2.05) is 18.7 Å². The maximum absolute atomic E-state index is 12.5. The summed E-state index contributed by atoms with van der Waals surface area (Å²) in [6, 6.07) is -0.136. The van der Waals surface area contributed by atoms with Gasteiger partial charge >= 0.3 is 0 Å². The minimum Gasteiger partial charge on any atom is -0.409 e. The van der Waals surface area contributed by atoms with Gasteiger partial charge in [-0.3, -0.25) is 9.69 Å². The Morgan fingerprint density at radius 3 is 2.71 bits per heavy atom. The molecule has 1 fully saturated rings. The Kier molecular flexibility index (Phi) is 5.07. The molecule has 21 heavy (non-hydrogen) atoms. The molecule has 1 aromatic heterocycles. The van der Waals surface area contributed by atoms with Crippen molar-refractivity contribution in [3.05, 3.63) is 10.6 Å². The smallest absolute Gasteiger partial charge is 0.267 e. The zero-order chi connectivity index (χ0) is 15.4. The van der Waals surface area contributed by atoms with Crippen molar-refractivity contribution in [1.29, 1.82) is 0 Å². The topological polar surface area (TPSA) is 108 Å². The normalized spacial score (nSPS) is 18.8. The lowest BCUT2D eigenvalue weighted by Crippen LogP contribution is -2.54. The lowest BCUT2D eigenvalue weighted by atomic mass is 10.2. The number of aryl methyl sites for hydroxylation is 1. The fraction of sp³-hybridized carbons (Fsp3) is 0.667. The molecule has 1 aromatic rings. The standard InChI is InChI=1S/C12H20N6O2S/c1-3-9-10(21-16-14-9)12(19)18-6-4-17(5-7-18)8(2)11(13)15-20/h8,20H,3-7H2,1-2H3,(H2,13,15). The number of aromatic nitrogens is 2. The molecule has 0 aliphatic carbocycles. The number of oxime groups is 1. The summed E-state index contributed by atoms with van der Waals surface area (Å²) in [6.45, 7) is 6.46. The number of piperazine rings is 1. The van der Waals surface area contributed by atoms with E-state index in [4.69, 9.17) is 10.9 Å². The predicted octanol–water partition coefficient (Wildman–Crippen LogP) is -0.00680. The Morgan fingerprint density at radius 2 is 2.14 bits per heavy atom. The zero-order valence-corrected chi connectivity index (χ0v) is 13.0. The third-order valence-electron chi connectivity index (χ3n) is 3.78. The van der Waals surface area contributed by atoms with E-state index in [9.17, 15) is 4.79 Å². The van der Waals surface area contributed by atoms with E-state index in [0.717, 1.165) is 17.2 Å². The van der Waals surface area contributed by atoms with Gasteiger partial charge in [-0.15, -0.1) is 5.10 Å². The van der Waals surface area contributed by atoms with Crippen LogP contribution in [0, 0.1) is 0 Å². The molecule has 2 rings (SSSR count). The summed E-state index contributed by atoms with van der Waals surface area (Å²) in [7, 11) is 0. The Bertz CT molecular complexity index is 524. The summed E-state index contributed by atoms with van der Waals surface area (Å²) in [6.07, 6.45) is 0.706. The van der Waals surface area contributed by atoms with Crippen molar-refractivity contribution in [2.24, 2.45) is 10.9 Å². The van der Waals surface area contributed by atoms with Gasteiger partial charge in [0.2, 0.25) is 0 Å². The van der Waals surface area contributed by atoms with Crippen molar-refractivity contribution >= 4 is 23.3 Å². The summed E-state index contributed by atoms with van der Waals surface area (Å²) < 4.78 is 3.86. The fourth-order valence-electron chi connectivity index (χ4n) is 2.33. The molecule has 1 atom stereocenters. The number of rotatable bonds is 4. The second kappa shape index (κ2) is 6.81.